The molecule has 8 heteroatoms. The Balaban J connectivity index is 2.67. The molecule has 0 saturated carbocycles. The highest BCUT2D eigenvalue weighted by Gasteiger charge is 2.12. The van der Waals surface area contributed by atoms with Crippen LogP contribution >= 0.6 is 11.6 Å². The third-order valence-corrected chi connectivity index (χ3v) is 2.85. The summed E-state index contributed by atoms with van der Waals surface area (Å²) in [6.07, 6.45) is 0. The molecule has 0 aliphatic carbocycles. The number of carbonyl (C=O) groups is 1. The van der Waals surface area contributed by atoms with Crippen LogP contribution in [0, 0.1) is 5.82 Å². The molecule has 17 heavy (non-hydrogen) atoms. The van der Waals surface area contributed by atoms with Gasteiger partial charge in [0, 0.05) is 11.6 Å². The van der Waals surface area contributed by atoms with Gasteiger partial charge in [0.2, 0.25) is 10.0 Å². The largest absolute Gasteiger partial charge is 0.351 e. The maximum Gasteiger partial charge on any atom is 0.254 e. The van der Waals surface area contributed by atoms with Crippen LogP contribution in [0.5, 0.6) is 0 Å². The number of rotatable bonds is 4. The van der Waals surface area contributed by atoms with Crippen molar-refractivity contribution in [3.63, 3.8) is 0 Å². The van der Waals surface area contributed by atoms with Gasteiger partial charge in [0.25, 0.3) is 5.91 Å². The van der Waals surface area contributed by atoms with Gasteiger partial charge in [-0.25, -0.2) is 17.9 Å². The Morgan fingerprint density at radius 1 is 1.47 bits per heavy atom. The number of carbonyl (C=O) groups excluding carboxylic acids is 1. The molecule has 3 N–H and O–H groups in total. The number of hydrogen-bond donors (Lipinski definition) is 2. The highest BCUT2D eigenvalue weighted by Crippen LogP contribution is 2.14. The van der Waals surface area contributed by atoms with E-state index in [1.54, 1.807) is 0 Å². The Labute approximate surface area is 103 Å². The summed E-state index contributed by atoms with van der Waals surface area (Å²) in [5, 5.41) is 7.18. The van der Waals surface area contributed by atoms with E-state index < -0.39 is 27.5 Å². The highest BCUT2D eigenvalue weighted by molar-refractivity contribution is 7.89. The van der Waals surface area contributed by atoms with E-state index in [4.69, 9.17) is 16.7 Å². The fourth-order valence-electron chi connectivity index (χ4n) is 1.07. The van der Waals surface area contributed by atoms with Crippen LogP contribution in [0.3, 0.4) is 0 Å². The van der Waals surface area contributed by atoms with E-state index in [1.807, 2.05) is 0 Å². The zero-order chi connectivity index (χ0) is 13.1. The van der Waals surface area contributed by atoms with E-state index in [9.17, 15) is 17.6 Å². The minimum absolute atomic E-state index is 0.191. The number of benzene rings is 1. The van der Waals surface area contributed by atoms with Crippen molar-refractivity contribution in [3.05, 3.63) is 34.6 Å². The van der Waals surface area contributed by atoms with Gasteiger partial charge >= 0.3 is 0 Å². The quantitative estimate of drug-likeness (QED) is 0.841. The molecular formula is C9H10ClFN2O3S. The molecule has 0 unspecified atom stereocenters. The Hall–Kier alpha value is -1.18. The van der Waals surface area contributed by atoms with Crippen molar-refractivity contribution in [2.75, 3.05) is 12.3 Å². The van der Waals surface area contributed by atoms with Gasteiger partial charge in [-0.1, -0.05) is 11.6 Å². The van der Waals surface area contributed by atoms with E-state index >= 15 is 0 Å². The second-order valence-electron chi connectivity index (χ2n) is 3.25. The van der Waals surface area contributed by atoms with Crippen LogP contribution < -0.4 is 10.5 Å². The molecule has 94 valence electrons. The molecule has 0 radical (unpaired) electrons. The molecule has 1 aromatic rings. The Morgan fingerprint density at radius 2 is 2.12 bits per heavy atom. The average molecular weight is 281 g/mol. The molecule has 0 fully saturated rings. The highest BCUT2D eigenvalue weighted by atomic mass is 35.5. The average Bonchev–Trinajstić information content (AvgIpc) is 2.19. The molecule has 0 bridgehead atoms. The Bertz CT molecular complexity index is 533. The van der Waals surface area contributed by atoms with E-state index in [-0.39, 0.29) is 17.1 Å². The molecule has 1 amide bonds. The number of nitrogens with two attached hydrogens (primary N) is 1. The van der Waals surface area contributed by atoms with Gasteiger partial charge in [0.15, 0.2) is 0 Å². The van der Waals surface area contributed by atoms with Gasteiger partial charge < -0.3 is 5.32 Å². The van der Waals surface area contributed by atoms with E-state index in [2.05, 4.69) is 5.32 Å². The third-order valence-electron chi connectivity index (χ3n) is 1.85. The van der Waals surface area contributed by atoms with E-state index in [0.717, 1.165) is 12.1 Å². The minimum atomic E-state index is -3.65. The lowest BCUT2D eigenvalue weighted by atomic mass is 10.2. The van der Waals surface area contributed by atoms with Crippen molar-refractivity contribution in [2.24, 2.45) is 5.14 Å². The third kappa shape index (κ3) is 4.68. The smallest absolute Gasteiger partial charge is 0.254 e. The van der Waals surface area contributed by atoms with Gasteiger partial charge in [0.1, 0.15) is 5.82 Å². The monoisotopic (exact) mass is 280 g/mol. The molecule has 1 aromatic carbocycles. The SMILES string of the molecule is NS(=O)(=O)CCNC(=O)c1cc(Cl)ccc1F. The Kier molecular flexibility index (Phi) is 4.44. The maximum atomic E-state index is 13.2. The number of nitrogens with one attached hydrogen (secondary N) is 1. The molecule has 0 aromatic heterocycles. The molecule has 0 atom stereocenters. The van der Waals surface area contributed by atoms with E-state index in [1.165, 1.54) is 6.07 Å². The number of sulfonamides is 1. The van der Waals surface area contributed by atoms with Crippen molar-refractivity contribution in [2.45, 2.75) is 0 Å². The first-order valence-corrected chi connectivity index (χ1v) is 6.62. The normalized spacial score (nSPS) is 11.2. The lowest BCUT2D eigenvalue weighted by Crippen LogP contribution is -2.31. The predicted molar refractivity (Wildman–Crippen MR) is 61.7 cm³/mol. The summed E-state index contributed by atoms with van der Waals surface area (Å²) in [4.78, 5) is 11.5. The summed E-state index contributed by atoms with van der Waals surface area (Å²) in [7, 11) is -3.65. The summed E-state index contributed by atoms with van der Waals surface area (Å²) >= 11 is 5.60. The van der Waals surface area contributed by atoms with Crippen molar-refractivity contribution < 1.29 is 17.6 Å². The topological polar surface area (TPSA) is 89.3 Å². The molecule has 0 aliphatic heterocycles. The van der Waals surface area contributed by atoms with Gasteiger partial charge in [-0.3, -0.25) is 4.79 Å². The van der Waals surface area contributed by atoms with Crippen LogP contribution in [-0.2, 0) is 10.0 Å². The number of primary sulfonamides is 1. The van der Waals surface area contributed by atoms with Gasteiger partial charge in [-0.05, 0) is 18.2 Å². The number of amides is 1. The zero-order valence-electron chi connectivity index (χ0n) is 8.61. The molecule has 1 rings (SSSR count). The van der Waals surface area contributed by atoms with Gasteiger partial charge in [-0.2, -0.15) is 0 Å². The summed E-state index contributed by atoms with van der Waals surface area (Å²) in [6, 6.07) is 3.51. The zero-order valence-corrected chi connectivity index (χ0v) is 10.2. The van der Waals surface area contributed by atoms with Crippen molar-refractivity contribution >= 4 is 27.5 Å². The summed E-state index contributed by atoms with van der Waals surface area (Å²) in [5.41, 5.74) is -0.244. The van der Waals surface area contributed by atoms with Crippen molar-refractivity contribution in [1.29, 1.82) is 0 Å². The van der Waals surface area contributed by atoms with Crippen LogP contribution in [0.2, 0.25) is 5.02 Å². The molecule has 0 saturated heterocycles. The molecule has 0 spiro atoms. The fraction of sp³-hybridized carbons (Fsp3) is 0.222. The van der Waals surface area contributed by atoms with Gasteiger partial charge in [0.05, 0.1) is 11.3 Å². The van der Waals surface area contributed by atoms with Crippen molar-refractivity contribution in [3.8, 4) is 0 Å². The summed E-state index contributed by atoms with van der Waals surface area (Å²) < 4.78 is 34.4. The number of halogens is 2. The predicted octanol–water partition coefficient (Wildman–Crippen LogP) is 0.497. The first-order chi connectivity index (χ1) is 7.79. The standard InChI is InChI=1S/C9H10ClFN2O3S/c10-6-1-2-8(11)7(5-6)9(14)13-3-4-17(12,15)16/h1-2,5H,3-4H2,(H,13,14)(H2,12,15,16). The maximum absolute atomic E-state index is 13.2. The second-order valence-corrected chi connectivity index (χ2v) is 5.42. The van der Waals surface area contributed by atoms with Crippen LogP contribution in [-0.4, -0.2) is 26.6 Å². The van der Waals surface area contributed by atoms with Crippen LogP contribution in [0.4, 0.5) is 4.39 Å². The van der Waals surface area contributed by atoms with Gasteiger partial charge in [-0.15, -0.1) is 0 Å². The second kappa shape index (κ2) is 5.44. The van der Waals surface area contributed by atoms with Crippen LogP contribution in [0.15, 0.2) is 18.2 Å². The molecule has 5 nitrogen and oxygen atoms in total. The molecule has 0 aliphatic rings. The lowest BCUT2D eigenvalue weighted by molar-refractivity contribution is 0.0952. The Morgan fingerprint density at radius 3 is 2.71 bits per heavy atom. The lowest BCUT2D eigenvalue weighted by Gasteiger charge is -2.05. The minimum Gasteiger partial charge on any atom is -0.351 e. The summed E-state index contributed by atoms with van der Waals surface area (Å²) in [6.45, 7) is -0.191. The van der Waals surface area contributed by atoms with E-state index in [0.29, 0.717) is 0 Å². The first kappa shape index (κ1) is 13.9. The first-order valence-electron chi connectivity index (χ1n) is 4.53. The summed E-state index contributed by atoms with van der Waals surface area (Å²) in [5.74, 6) is -1.89. The molecule has 0 heterocycles. The van der Waals surface area contributed by atoms with Crippen LogP contribution in [0.25, 0.3) is 0 Å². The number of hydrogen-bond acceptors (Lipinski definition) is 3. The fourth-order valence-corrected chi connectivity index (χ4v) is 1.63. The molecular weight excluding hydrogens is 271 g/mol. The van der Waals surface area contributed by atoms with Crippen LogP contribution in [0.1, 0.15) is 10.4 Å². The van der Waals surface area contributed by atoms with Crippen molar-refractivity contribution in [1.82, 2.24) is 5.32 Å².